The van der Waals surface area contributed by atoms with Crippen molar-refractivity contribution in [3.63, 3.8) is 0 Å². The van der Waals surface area contributed by atoms with Crippen LogP contribution in [0.25, 0.3) is 0 Å². The highest BCUT2D eigenvalue weighted by Crippen LogP contribution is 2.23. The van der Waals surface area contributed by atoms with E-state index >= 15 is 0 Å². The van der Waals surface area contributed by atoms with Gasteiger partial charge in [0.15, 0.2) is 0 Å². The van der Waals surface area contributed by atoms with Gasteiger partial charge in [0.2, 0.25) is 0 Å². The van der Waals surface area contributed by atoms with Gasteiger partial charge in [0.1, 0.15) is 5.75 Å². The lowest BCUT2D eigenvalue weighted by molar-refractivity contribution is -0.0126. The summed E-state index contributed by atoms with van der Waals surface area (Å²) in [5.41, 5.74) is 8.00. The van der Waals surface area contributed by atoms with Crippen LogP contribution in [-0.4, -0.2) is 37.8 Å². The average molecular weight is 250 g/mol. The Morgan fingerprint density at radius 3 is 3.06 bits per heavy atom. The van der Waals surface area contributed by atoms with E-state index in [-0.39, 0.29) is 0 Å². The lowest BCUT2D eigenvalue weighted by Gasteiger charge is -2.35. The fourth-order valence-electron chi connectivity index (χ4n) is 2.34. The lowest BCUT2D eigenvalue weighted by Crippen LogP contribution is -2.44. The molecule has 0 aliphatic carbocycles. The molecule has 1 unspecified atom stereocenters. The quantitative estimate of drug-likeness (QED) is 0.829. The van der Waals surface area contributed by atoms with Crippen LogP contribution in [-0.2, 0) is 11.3 Å². The van der Waals surface area contributed by atoms with E-state index in [0.717, 1.165) is 49.7 Å². The maximum atomic E-state index is 6.03. The smallest absolute Gasteiger partial charge is 0.119 e. The number of rotatable bonds is 4. The molecule has 1 aromatic carbocycles. The number of methoxy groups -OCH3 is 1. The van der Waals surface area contributed by atoms with Crippen molar-refractivity contribution in [1.82, 2.24) is 4.90 Å². The standard InChI is InChI=1S/C14H22N2O2/c1-3-12-10-18-7-6-16(12)9-11-8-13(17-2)4-5-14(11)15/h4-5,8,12H,3,6-7,9-10,15H2,1-2H3. The molecule has 100 valence electrons. The summed E-state index contributed by atoms with van der Waals surface area (Å²) in [6, 6.07) is 6.33. The van der Waals surface area contributed by atoms with Crippen LogP contribution in [0.1, 0.15) is 18.9 Å². The number of nitrogens with two attached hydrogens (primary N) is 1. The minimum atomic E-state index is 0.490. The Bertz CT molecular complexity index is 395. The summed E-state index contributed by atoms with van der Waals surface area (Å²) >= 11 is 0. The van der Waals surface area contributed by atoms with Gasteiger partial charge < -0.3 is 15.2 Å². The van der Waals surface area contributed by atoms with Gasteiger partial charge in [-0.05, 0) is 30.2 Å². The normalized spacial score (nSPS) is 20.9. The summed E-state index contributed by atoms with van der Waals surface area (Å²) in [5, 5.41) is 0. The van der Waals surface area contributed by atoms with Crippen molar-refractivity contribution >= 4 is 5.69 Å². The summed E-state index contributed by atoms with van der Waals surface area (Å²) < 4.78 is 10.8. The fourth-order valence-corrected chi connectivity index (χ4v) is 2.34. The van der Waals surface area contributed by atoms with E-state index < -0.39 is 0 Å². The second kappa shape index (κ2) is 6.07. The van der Waals surface area contributed by atoms with E-state index in [2.05, 4.69) is 11.8 Å². The van der Waals surface area contributed by atoms with Crippen LogP contribution in [0.5, 0.6) is 5.75 Å². The van der Waals surface area contributed by atoms with Gasteiger partial charge in [-0.25, -0.2) is 0 Å². The van der Waals surface area contributed by atoms with E-state index in [1.807, 2.05) is 18.2 Å². The Balaban J connectivity index is 2.11. The molecule has 1 aliphatic heterocycles. The number of nitrogen functional groups attached to an aromatic ring is 1. The number of anilines is 1. The average Bonchev–Trinajstić information content (AvgIpc) is 2.42. The Morgan fingerprint density at radius 1 is 1.50 bits per heavy atom. The molecular formula is C14H22N2O2. The highest BCUT2D eigenvalue weighted by atomic mass is 16.5. The van der Waals surface area contributed by atoms with Crippen molar-refractivity contribution in [1.29, 1.82) is 0 Å². The molecule has 0 spiro atoms. The first-order valence-electron chi connectivity index (χ1n) is 6.48. The maximum Gasteiger partial charge on any atom is 0.119 e. The lowest BCUT2D eigenvalue weighted by atomic mass is 10.1. The summed E-state index contributed by atoms with van der Waals surface area (Å²) in [7, 11) is 1.68. The molecule has 4 heteroatoms. The van der Waals surface area contributed by atoms with Gasteiger partial charge in [0.25, 0.3) is 0 Å². The summed E-state index contributed by atoms with van der Waals surface area (Å²) in [4.78, 5) is 2.44. The second-order valence-corrected chi connectivity index (χ2v) is 4.67. The molecule has 1 heterocycles. The summed E-state index contributed by atoms with van der Waals surface area (Å²) in [6.07, 6.45) is 1.10. The van der Waals surface area contributed by atoms with E-state index in [4.69, 9.17) is 15.2 Å². The molecule has 0 aromatic heterocycles. The van der Waals surface area contributed by atoms with Crippen LogP contribution in [0.4, 0.5) is 5.69 Å². The van der Waals surface area contributed by atoms with E-state index in [1.54, 1.807) is 7.11 Å². The third-order valence-electron chi connectivity index (χ3n) is 3.54. The maximum absolute atomic E-state index is 6.03. The molecule has 4 nitrogen and oxygen atoms in total. The zero-order valence-electron chi connectivity index (χ0n) is 11.2. The molecule has 0 saturated carbocycles. The van der Waals surface area contributed by atoms with Crippen molar-refractivity contribution in [3.8, 4) is 5.75 Å². The van der Waals surface area contributed by atoms with E-state index in [9.17, 15) is 0 Å². The van der Waals surface area contributed by atoms with Crippen LogP contribution in [0.3, 0.4) is 0 Å². The van der Waals surface area contributed by atoms with Crippen molar-refractivity contribution < 1.29 is 9.47 Å². The van der Waals surface area contributed by atoms with Gasteiger partial charge in [-0.2, -0.15) is 0 Å². The SMILES string of the molecule is CCC1COCCN1Cc1cc(OC)ccc1N. The van der Waals surface area contributed by atoms with Crippen LogP contribution in [0.2, 0.25) is 0 Å². The highest BCUT2D eigenvalue weighted by Gasteiger charge is 2.22. The minimum absolute atomic E-state index is 0.490. The van der Waals surface area contributed by atoms with Crippen molar-refractivity contribution in [3.05, 3.63) is 23.8 Å². The molecule has 1 aliphatic rings. The van der Waals surface area contributed by atoms with Crippen molar-refractivity contribution in [2.24, 2.45) is 0 Å². The van der Waals surface area contributed by atoms with Gasteiger partial charge in [0, 0.05) is 24.8 Å². The molecule has 1 aromatic rings. The van der Waals surface area contributed by atoms with Crippen molar-refractivity contribution in [2.45, 2.75) is 25.9 Å². The number of morpholine rings is 1. The van der Waals surface area contributed by atoms with E-state index in [0.29, 0.717) is 6.04 Å². The van der Waals surface area contributed by atoms with Gasteiger partial charge in [-0.3, -0.25) is 4.90 Å². The molecule has 0 radical (unpaired) electrons. The zero-order valence-corrected chi connectivity index (χ0v) is 11.2. The number of hydrogen-bond acceptors (Lipinski definition) is 4. The first kappa shape index (κ1) is 13.2. The fraction of sp³-hybridized carbons (Fsp3) is 0.571. The van der Waals surface area contributed by atoms with Crippen LogP contribution in [0, 0.1) is 0 Å². The summed E-state index contributed by atoms with van der Waals surface area (Å²) in [6.45, 7) is 5.65. The number of nitrogens with zero attached hydrogens (tertiary/aromatic N) is 1. The van der Waals surface area contributed by atoms with Gasteiger partial charge in [-0.1, -0.05) is 6.92 Å². The van der Waals surface area contributed by atoms with Gasteiger partial charge >= 0.3 is 0 Å². The monoisotopic (exact) mass is 250 g/mol. The third-order valence-corrected chi connectivity index (χ3v) is 3.54. The van der Waals surface area contributed by atoms with Crippen LogP contribution >= 0.6 is 0 Å². The molecule has 2 rings (SSSR count). The predicted octanol–water partition coefficient (Wildman–Crippen LogP) is 1.89. The first-order valence-corrected chi connectivity index (χ1v) is 6.48. The minimum Gasteiger partial charge on any atom is -0.497 e. The molecule has 0 bridgehead atoms. The Kier molecular flexibility index (Phi) is 4.44. The number of benzene rings is 1. The molecule has 18 heavy (non-hydrogen) atoms. The zero-order chi connectivity index (χ0) is 13.0. The molecular weight excluding hydrogens is 228 g/mol. The topological polar surface area (TPSA) is 47.7 Å². The predicted molar refractivity (Wildman–Crippen MR) is 72.7 cm³/mol. The molecule has 0 amide bonds. The van der Waals surface area contributed by atoms with Crippen LogP contribution < -0.4 is 10.5 Å². The first-order chi connectivity index (χ1) is 8.74. The van der Waals surface area contributed by atoms with Crippen molar-refractivity contribution in [2.75, 3.05) is 32.6 Å². The van der Waals surface area contributed by atoms with Crippen LogP contribution in [0.15, 0.2) is 18.2 Å². The summed E-state index contributed by atoms with van der Waals surface area (Å²) in [5.74, 6) is 0.862. The second-order valence-electron chi connectivity index (χ2n) is 4.67. The Labute approximate surface area is 109 Å². The Hall–Kier alpha value is -1.26. The Morgan fingerprint density at radius 2 is 2.33 bits per heavy atom. The molecule has 1 saturated heterocycles. The van der Waals surface area contributed by atoms with E-state index in [1.165, 1.54) is 0 Å². The largest absolute Gasteiger partial charge is 0.497 e. The molecule has 1 atom stereocenters. The highest BCUT2D eigenvalue weighted by molar-refractivity contribution is 5.50. The number of ether oxygens (including phenoxy) is 2. The third kappa shape index (κ3) is 2.94. The molecule has 1 fully saturated rings. The van der Waals surface area contributed by atoms with Gasteiger partial charge in [-0.15, -0.1) is 0 Å². The molecule has 2 N–H and O–H groups in total. The number of hydrogen-bond donors (Lipinski definition) is 1. The van der Waals surface area contributed by atoms with Gasteiger partial charge in [0.05, 0.1) is 20.3 Å².